The van der Waals surface area contributed by atoms with Crippen molar-refractivity contribution in [3.63, 3.8) is 0 Å². The summed E-state index contributed by atoms with van der Waals surface area (Å²) < 4.78 is 20.4. The van der Waals surface area contributed by atoms with E-state index in [0.29, 0.717) is 24.7 Å². The molecule has 30 heavy (non-hydrogen) atoms. The lowest BCUT2D eigenvalue weighted by Crippen LogP contribution is -2.36. The third-order valence-electron chi connectivity index (χ3n) is 3.56. The van der Waals surface area contributed by atoms with Gasteiger partial charge in [-0.1, -0.05) is 0 Å². The number of carbonyl (C=O) groups is 4. The molecule has 0 bridgehead atoms. The predicted molar refractivity (Wildman–Crippen MR) is 103 cm³/mol. The molecule has 2 N–H and O–H groups in total. The van der Waals surface area contributed by atoms with E-state index in [1.165, 1.54) is 30.5 Å². The van der Waals surface area contributed by atoms with Gasteiger partial charge in [0.25, 0.3) is 17.7 Å². The van der Waals surface area contributed by atoms with Crippen LogP contribution in [0.2, 0.25) is 0 Å². The number of imide groups is 1. The van der Waals surface area contributed by atoms with Gasteiger partial charge in [-0.15, -0.1) is 0 Å². The molecular weight excluding hydrogens is 396 g/mol. The fourth-order valence-electron chi connectivity index (χ4n) is 2.28. The highest BCUT2D eigenvalue weighted by molar-refractivity contribution is 6.03. The molecule has 0 aliphatic heterocycles. The summed E-state index contributed by atoms with van der Waals surface area (Å²) in [4.78, 5) is 47.2. The molecule has 0 aliphatic rings. The molecule has 1 aromatic carbocycles. The molecule has 0 spiro atoms. The van der Waals surface area contributed by atoms with E-state index in [-0.39, 0.29) is 11.3 Å². The average Bonchev–Trinajstić information content (AvgIpc) is 3.27. The zero-order chi connectivity index (χ0) is 21.9. The van der Waals surface area contributed by atoms with Crippen LogP contribution >= 0.6 is 0 Å². The lowest BCUT2D eigenvalue weighted by Gasteiger charge is -2.12. The van der Waals surface area contributed by atoms with E-state index >= 15 is 0 Å². The minimum absolute atomic E-state index is 0.0521. The van der Waals surface area contributed by atoms with E-state index in [9.17, 15) is 19.2 Å². The summed E-state index contributed by atoms with van der Waals surface area (Å²) in [6.45, 7) is 3.32. The number of hydrogen-bond donors (Lipinski definition) is 2. The molecule has 0 saturated carbocycles. The van der Waals surface area contributed by atoms with Crippen molar-refractivity contribution in [1.29, 1.82) is 0 Å². The highest BCUT2D eigenvalue weighted by atomic mass is 16.5. The number of benzene rings is 1. The van der Waals surface area contributed by atoms with Crippen molar-refractivity contribution < 1.29 is 37.8 Å². The van der Waals surface area contributed by atoms with Crippen LogP contribution in [0.3, 0.4) is 0 Å². The van der Waals surface area contributed by atoms with Gasteiger partial charge in [0.2, 0.25) is 0 Å². The van der Waals surface area contributed by atoms with Crippen LogP contribution in [0.5, 0.6) is 11.5 Å². The first-order valence-electron chi connectivity index (χ1n) is 9.15. The molecular formula is C20H22N2O8. The van der Waals surface area contributed by atoms with Crippen LogP contribution < -0.4 is 20.1 Å². The Kier molecular flexibility index (Phi) is 8.42. The Labute approximate surface area is 172 Å². The van der Waals surface area contributed by atoms with E-state index in [4.69, 9.17) is 18.6 Å². The van der Waals surface area contributed by atoms with Gasteiger partial charge in [0, 0.05) is 5.56 Å². The van der Waals surface area contributed by atoms with Crippen molar-refractivity contribution in [2.24, 2.45) is 0 Å². The Hall–Kier alpha value is -3.82. The Morgan fingerprint density at radius 1 is 0.967 bits per heavy atom. The Morgan fingerprint density at radius 3 is 2.37 bits per heavy atom. The van der Waals surface area contributed by atoms with Gasteiger partial charge in [-0.25, -0.2) is 0 Å². The summed E-state index contributed by atoms with van der Waals surface area (Å²) in [6, 6.07) is 7.50. The number of furan rings is 1. The molecule has 3 amide bonds. The van der Waals surface area contributed by atoms with Gasteiger partial charge >= 0.3 is 5.97 Å². The summed E-state index contributed by atoms with van der Waals surface area (Å²) >= 11 is 0. The molecule has 0 atom stereocenters. The molecule has 0 radical (unpaired) electrons. The lowest BCUT2D eigenvalue weighted by molar-refractivity contribution is -0.147. The Bertz CT molecular complexity index is 892. The first-order chi connectivity index (χ1) is 14.4. The molecule has 1 aromatic heterocycles. The number of rotatable bonds is 10. The molecule has 10 heteroatoms. The van der Waals surface area contributed by atoms with Gasteiger partial charge in [0.05, 0.1) is 19.5 Å². The smallest absolute Gasteiger partial charge is 0.325 e. The minimum Gasteiger partial charge on any atom is -0.490 e. The molecule has 160 valence electrons. The SMILES string of the molecule is CCOc1ccc(C(=O)NCC(=O)OCC(=O)NC(=O)c2ccco2)cc1OCC. The summed E-state index contributed by atoms with van der Waals surface area (Å²) in [5, 5.41) is 4.38. The second-order valence-electron chi connectivity index (χ2n) is 5.73. The Balaban J connectivity index is 1.79. The highest BCUT2D eigenvalue weighted by Crippen LogP contribution is 2.28. The van der Waals surface area contributed by atoms with Gasteiger partial charge in [-0.3, -0.25) is 24.5 Å². The van der Waals surface area contributed by atoms with Gasteiger partial charge in [0.15, 0.2) is 23.9 Å². The minimum atomic E-state index is -0.847. The van der Waals surface area contributed by atoms with Crippen LogP contribution in [0.15, 0.2) is 41.0 Å². The first-order valence-corrected chi connectivity index (χ1v) is 9.15. The summed E-state index contributed by atoms with van der Waals surface area (Å²) in [5.41, 5.74) is 0.261. The van der Waals surface area contributed by atoms with Crippen molar-refractivity contribution >= 4 is 23.7 Å². The Morgan fingerprint density at radius 2 is 1.70 bits per heavy atom. The normalized spacial score (nSPS) is 10.1. The van der Waals surface area contributed by atoms with E-state index in [1.807, 2.05) is 12.2 Å². The van der Waals surface area contributed by atoms with Crippen molar-refractivity contribution in [2.75, 3.05) is 26.4 Å². The zero-order valence-corrected chi connectivity index (χ0v) is 16.6. The largest absolute Gasteiger partial charge is 0.490 e. The van der Waals surface area contributed by atoms with Crippen LogP contribution in [-0.4, -0.2) is 50.1 Å². The second-order valence-corrected chi connectivity index (χ2v) is 5.73. The number of esters is 1. The maximum absolute atomic E-state index is 12.2. The number of amides is 3. The maximum atomic E-state index is 12.2. The van der Waals surface area contributed by atoms with E-state index in [1.54, 1.807) is 13.0 Å². The molecule has 0 aliphatic carbocycles. The molecule has 10 nitrogen and oxygen atoms in total. The lowest BCUT2D eigenvalue weighted by atomic mass is 10.2. The maximum Gasteiger partial charge on any atom is 0.325 e. The average molecular weight is 418 g/mol. The monoisotopic (exact) mass is 418 g/mol. The molecule has 2 aromatic rings. The fraction of sp³-hybridized carbons (Fsp3) is 0.300. The highest BCUT2D eigenvalue weighted by Gasteiger charge is 2.16. The standard InChI is InChI=1S/C20H22N2O8/c1-3-27-14-8-7-13(10-16(14)28-4-2)19(25)21-11-18(24)30-12-17(23)22-20(26)15-6-5-9-29-15/h5-10H,3-4,11-12H2,1-2H3,(H,21,25)(H,22,23,26). The van der Waals surface area contributed by atoms with Gasteiger partial charge in [-0.05, 0) is 44.2 Å². The van der Waals surface area contributed by atoms with Crippen molar-refractivity contribution in [3.8, 4) is 11.5 Å². The summed E-state index contributed by atoms with van der Waals surface area (Å²) in [5.74, 6) is -2.10. The van der Waals surface area contributed by atoms with E-state index in [2.05, 4.69) is 5.32 Å². The van der Waals surface area contributed by atoms with E-state index in [0.717, 1.165) is 0 Å². The van der Waals surface area contributed by atoms with Crippen LogP contribution in [0.25, 0.3) is 0 Å². The van der Waals surface area contributed by atoms with Crippen molar-refractivity contribution in [2.45, 2.75) is 13.8 Å². The molecule has 2 rings (SSSR count). The molecule has 1 heterocycles. The fourth-order valence-corrected chi connectivity index (χ4v) is 2.28. The summed E-state index contributed by atoms with van der Waals surface area (Å²) in [7, 11) is 0. The zero-order valence-electron chi connectivity index (χ0n) is 16.6. The van der Waals surface area contributed by atoms with Crippen LogP contribution in [-0.2, 0) is 14.3 Å². The predicted octanol–water partition coefficient (Wildman–Crippen LogP) is 1.31. The van der Waals surface area contributed by atoms with Crippen LogP contribution in [0.4, 0.5) is 0 Å². The summed E-state index contributed by atoms with van der Waals surface area (Å²) in [6.07, 6.45) is 1.28. The number of carbonyl (C=O) groups excluding carboxylic acids is 4. The second kappa shape index (κ2) is 11.2. The number of nitrogens with one attached hydrogen (secondary N) is 2. The number of hydrogen-bond acceptors (Lipinski definition) is 8. The molecule has 0 unspecified atom stereocenters. The van der Waals surface area contributed by atoms with Gasteiger partial charge < -0.3 is 23.9 Å². The molecule has 0 fully saturated rings. The molecule has 0 saturated heterocycles. The third kappa shape index (κ3) is 6.66. The third-order valence-corrected chi connectivity index (χ3v) is 3.56. The van der Waals surface area contributed by atoms with Crippen molar-refractivity contribution in [1.82, 2.24) is 10.6 Å². The quantitative estimate of drug-likeness (QED) is 0.552. The van der Waals surface area contributed by atoms with Crippen LogP contribution in [0, 0.1) is 0 Å². The first kappa shape index (κ1) is 22.5. The van der Waals surface area contributed by atoms with Crippen molar-refractivity contribution in [3.05, 3.63) is 47.9 Å². The van der Waals surface area contributed by atoms with Gasteiger partial charge in [-0.2, -0.15) is 0 Å². The van der Waals surface area contributed by atoms with E-state index < -0.39 is 36.8 Å². The topological polar surface area (TPSA) is 133 Å². The van der Waals surface area contributed by atoms with Gasteiger partial charge in [0.1, 0.15) is 6.54 Å². The van der Waals surface area contributed by atoms with Crippen LogP contribution in [0.1, 0.15) is 34.8 Å². The number of ether oxygens (including phenoxy) is 3.